The highest BCUT2D eigenvalue weighted by Gasteiger charge is 2.35. The summed E-state index contributed by atoms with van der Waals surface area (Å²) >= 11 is 0. The molecule has 1 aliphatic heterocycles. The molecule has 2 rings (SSSR count). The van der Waals surface area contributed by atoms with Crippen LogP contribution < -0.4 is 10.2 Å². The number of nitrogens with zero attached hydrogens (tertiary/aromatic N) is 1. The summed E-state index contributed by atoms with van der Waals surface area (Å²) in [4.78, 5) is 10.9. The van der Waals surface area contributed by atoms with Crippen LogP contribution in [0.5, 0.6) is 5.75 Å². The van der Waals surface area contributed by atoms with E-state index in [1.165, 1.54) is 0 Å². The number of hydrogen-bond donors (Lipinski definition) is 1. The van der Waals surface area contributed by atoms with Crippen molar-refractivity contribution in [3.05, 3.63) is 29.3 Å². The van der Waals surface area contributed by atoms with E-state index in [0.29, 0.717) is 6.07 Å². The molecule has 1 aromatic carbocycles. The van der Waals surface area contributed by atoms with Crippen LogP contribution in [0.1, 0.15) is 11.1 Å². The molecule has 0 spiro atoms. The van der Waals surface area contributed by atoms with Gasteiger partial charge in [-0.05, 0) is 18.2 Å². The normalized spacial score (nSPS) is 15.2. The van der Waals surface area contributed by atoms with E-state index in [2.05, 4.69) is 15.3 Å². The van der Waals surface area contributed by atoms with Gasteiger partial charge in [0.2, 0.25) is 5.90 Å². The molecule has 1 amide bonds. The Hall–Kier alpha value is -2.39. The summed E-state index contributed by atoms with van der Waals surface area (Å²) in [6.07, 6.45) is -7.71. The molecule has 1 heterocycles. The lowest BCUT2D eigenvalue weighted by Crippen LogP contribution is -2.32. The van der Waals surface area contributed by atoms with Crippen LogP contribution in [0.3, 0.4) is 0 Å². The Morgan fingerprint density at radius 3 is 2.64 bits per heavy atom. The van der Waals surface area contributed by atoms with Gasteiger partial charge in [0.1, 0.15) is 12.4 Å². The summed E-state index contributed by atoms with van der Waals surface area (Å²) in [5.41, 5.74) is 0.742. The van der Waals surface area contributed by atoms with E-state index in [-0.39, 0.29) is 18.1 Å². The molecular formula is C12H9F5N2O3. The van der Waals surface area contributed by atoms with Gasteiger partial charge in [-0.1, -0.05) is 0 Å². The Labute approximate surface area is 120 Å². The average molecular weight is 324 g/mol. The van der Waals surface area contributed by atoms with Crippen LogP contribution in [0.25, 0.3) is 0 Å². The van der Waals surface area contributed by atoms with Gasteiger partial charge in [0.15, 0.2) is 6.61 Å². The predicted octanol–water partition coefficient (Wildman–Crippen LogP) is 2.16. The molecule has 0 saturated heterocycles. The minimum atomic E-state index is -4.81. The van der Waals surface area contributed by atoms with Crippen molar-refractivity contribution in [1.29, 1.82) is 0 Å². The fourth-order valence-electron chi connectivity index (χ4n) is 1.62. The van der Waals surface area contributed by atoms with Gasteiger partial charge in [-0.2, -0.15) is 13.2 Å². The molecule has 1 N–H and O–H groups in total. The van der Waals surface area contributed by atoms with Crippen molar-refractivity contribution >= 4 is 11.8 Å². The van der Waals surface area contributed by atoms with Gasteiger partial charge in [-0.15, -0.1) is 5.10 Å². The number of ether oxygens (including phenoxy) is 2. The molecule has 0 aliphatic carbocycles. The first-order valence-electron chi connectivity index (χ1n) is 5.89. The van der Waals surface area contributed by atoms with Crippen molar-refractivity contribution in [2.45, 2.75) is 12.6 Å². The number of rotatable bonds is 4. The monoisotopic (exact) mass is 324 g/mol. The fraction of sp³-hybridized carbons (Fsp3) is 0.333. The lowest BCUT2D eigenvalue weighted by molar-refractivity contribution is -0.139. The summed E-state index contributed by atoms with van der Waals surface area (Å²) in [5.74, 6) is -1.49. The van der Waals surface area contributed by atoms with Gasteiger partial charge in [0.25, 0.3) is 12.3 Å². The maximum atomic E-state index is 13.0. The number of carbonyl (C=O) groups is 1. The summed E-state index contributed by atoms with van der Waals surface area (Å²) in [6.45, 7) is -1.54. The highest BCUT2D eigenvalue weighted by molar-refractivity contribution is 5.98. The maximum Gasteiger partial charge on any atom is 0.419 e. The molecule has 0 radical (unpaired) electrons. The number of hydrogen-bond acceptors (Lipinski definition) is 4. The van der Waals surface area contributed by atoms with Crippen molar-refractivity contribution in [3.8, 4) is 5.75 Å². The Morgan fingerprint density at radius 2 is 2.09 bits per heavy atom. The number of nitrogens with one attached hydrogen (secondary N) is 1. The van der Waals surface area contributed by atoms with E-state index in [1.807, 2.05) is 0 Å². The topological polar surface area (TPSA) is 59.9 Å². The third kappa shape index (κ3) is 3.83. The van der Waals surface area contributed by atoms with Crippen LogP contribution in [0.2, 0.25) is 0 Å². The zero-order valence-electron chi connectivity index (χ0n) is 10.8. The predicted molar refractivity (Wildman–Crippen MR) is 63.6 cm³/mol. The van der Waals surface area contributed by atoms with E-state index in [9.17, 15) is 26.7 Å². The lowest BCUT2D eigenvalue weighted by Gasteiger charge is -2.17. The Balaban J connectivity index is 2.33. The smallest absolute Gasteiger partial charge is 0.419 e. The molecule has 0 saturated carbocycles. The molecule has 0 unspecified atom stereocenters. The highest BCUT2D eigenvalue weighted by atomic mass is 19.4. The summed E-state index contributed by atoms with van der Waals surface area (Å²) in [5, 5.41) is 3.47. The van der Waals surface area contributed by atoms with Crippen molar-refractivity contribution < 1.29 is 36.2 Å². The molecule has 22 heavy (non-hydrogen) atoms. The molecule has 5 nitrogen and oxygen atoms in total. The SMILES string of the molecule is O=C1COC(c2ccc(OCC(F)F)c(C(F)(F)F)c2)=NN1. The van der Waals surface area contributed by atoms with Gasteiger partial charge in [-0.25, -0.2) is 14.2 Å². The van der Waals surface area contributed by atoms with E-state index < -0.39 is 36.4 Å². The second-order valence-corrected chi connectivity index (χ2v) is 4.15. The van der Waals surface area contributed by atoms with E-state index in [4.69, 9.17) is 4.74 Å². The summed E-state index contributed by atoms with van der Waals surface area (Å²) in [7, 11) is 0. The minimum absolute atomic E-state index is 0.0725. The largest absolute Gasteiger partial charge is 0.487 e. The second-order valence-electron chi connectivity index (χ2n) is 4.15. The van der Waals surface area contributed by atoms with Crippen molar-refractivity contribution in [3.63, 3.8) is 0 Å². The second kappa shape index (κ2) is 6.16. The first-order valence-corrected chi connectivity index (χ1v) is 5.89. The van der Waals surface area contributed by atoms with Crippen molar-refractivity contribution in [2.75, 3.05) is 13.2 Å². The van der Waals surface area contributed by atoms with Gasteiger partial charge < -0.3 is 9.47 Å². The number of carbonyl (C=O) groups excluding carboxylic acids is 1. The fourth-order valence-corrected chi connectivity index (χ4v) is 1.62. The van der Waals surface area contributed by atoms with Crippen LogP contribution in [0.4, 0.5) is 22.0 Å². The number of halogens is 5. The van der Waals surface area contributed by atoms with Crippen LogP contribution in [0, 0.1) is 0 Å². The number of benzene rings is 1. The first kappa shape index (κ1) is 16.0. The van der Waals surface area contributed by atoms with Crippen LogP contribution in [-0.4, -0.2) is 31.4 Å². The summed E-state index contributed by atoms with van der Waals surface area (Å²) in [6, 6.07) is 2.70. The third-order valence-corrected chi connectivity index (χ3v) is 2.52. The highest BCUT2D eigenvalue weighted by Crippen LogP contribution is 2.37. The van der Waals surface area contributed by atoms with Crippen LogP contribution >= 0.6 is 0 Å². The maximum absolute atomic E-state index is 13.0. The quantitative estimate of drug-likeness (QED) is 0.864. The third-order valence-electron chi connectivity index (χ3n) is 2.52. The number of alkyl halides is 5. The van der Waals surface area contributed by atoms with Crippen molar-refractivity contribution in [1.82, 2.24) is 5.43 Å². The standard InChI is InChI=1S/C12H9F5N2O3/c13-9(14)4-21-8-2-1-6(3-7(8)12(15,16)17)11-19-18-10(20)5-22-11/h1-3,9H,4-5H2,(H,18,20). The van der Waals surface area contributed by atoms with E-state index in [0.717, 1.165) is 12.1 Å². The molecule has 0 atom stereocenters. The Kier molecular flexibility index (Phi) is 4.48. The van der Waals surface area contributed by atoms with Crippen LogP contribution in [-0.2, 0) is 15.7 Å². The Bertz CT molecular complexity index is 601. The number of hydrazone groups is 1. The zero-order chi connectivity index (χ0) is 16.3. The molecule has 120 valence electrons. The van der Waals surface area contributed by atoms with Gasteiger partial charge in [0, 0.05) is 5.56 Å². The van der Waals surface area contributed by atoms with Crippen molar-refractivity contribution in [2.24, 2.45) is 5.10 Å². The van der Waals surface area contributed by atoms with E-state index in [1.54, 1.807) is 0 Å². The molecule has 10 heteroatoms. The molecule has 1 aromatic rings. The lowest BCUT2D eigenvalue weighted by atomic mass is 10.1. The van der Waals surface area contributed by atoms with Gasteiger partial charge in [-0.3, -0.25) is 4.79 Å². The van der Waals surface area contributed by atoms with Gasteiger partial charge in [0.05, 0.1) is 5.56 Å². The van der Waals surface area contributed by atoms with Gasteiger partial charge >= 0.3 is 6.18 Å². The first-order chi connectivity index (χ1) is 10.3. The van der Waals surface area contributed by atoms with Crippen LogP contribution in [0.15, 0.2) is 23.3 Å². The average Bonchev–Trinajstić information content (AvgIpc) is 2.45. The summed E-state index contributed by atoms with van der Waals surface area (Å²) < 4.78 is 72.4. The Morgan fingerprint density at radius 1 is 1.36 bits per heavy atom. The minimum Gasteiger partial charge on any atom is -0.487 e. The van der Waals surface area contributed by atoms with E-state index >= 15 is 0 Å². The zero-order valence-corrected chi connectivity index (χ0v) is 10.8. The molecule has 0 fully saturated rings. The molecule has 1 aliphatic rings. The molecule has 0 aromatic heterocycles. The molecular weight excluding hydrogens is 315 g/mol. The molecule has 0 bridgehead atoms. The number of amides is 1.